The van der Waals surface area contributed by atoms with E-state index in [4.69, 9.17) is 9.84 Å². The lowest BCUT2D eigenvalue weighted by molar-refractivity contribution is -0.145. The summed E-state index contributed by atoms with van der Waals surface area (Å²) in [5.41, 5.74) is 0. The largest absolute Gasteiger partial charge is 0.492 e. The zero-order valence-electron chi connectivity index (χ0n) is 12.3. The Morgan fingerprint density at radius 3 is 2.86 bits per heavy atom. The molecule has 5 nitrogen and oxygen atoms in total. The van der Waals surface area contributed by atoms with E-state index in [-0.39, 0.29) is 5.91 Å². The number of amides is 1. The minimum absolute atomic E-state index is 0.0154. The summed E-state index contributed by atoms with van der Waals surface area (Å²) in [6.07, 6.45) is 2.42. The highest BCUT2D eigenvalue weighted by molar-refractivity contribution is 9.10. The molecule has 120 valence electrons. The molecule has 1 aliphatic rings. The van der Waals surface area contributed by atoms with Crippen molar-refractivity contribution in [3.8, 4) is 5.75 Å². The molecule has 0 bridgehead atoms. The van der Waals surface area contributed by atoms with E-state index >= 15 is 0 Å². The summed E-state index contributed by atoms with van der Waals surface area (Å²) in [5, 5.41) is 9.04. The third kappa shape index (κ3) is 4.73. The van der Waals surface area contributed by atoms with Crippen molar-refractivity contribution in [2.45, 2.75) is 25.7 Å². The van der Waals surface area contributed by atoms with Crippen LogP contribution in [-0.2, 0) is 9.59 Å². The Labute approximate surface area is 138 Å². The van der Waals surface area contributed by atoms with Crippen molar-refractivity contribution >= 4 is 27.8 Å². The zero-order valence-corrected chi connectivity index (χ0v) is 13.9. The molecule has 1 fully saturated rings. The first kappa shape index (κ1) is 16.8. The third-order valence-electron chi connectivity index (χ3n) is 3.75. The number of carbonyl (C=O) groups excluding carboxylic acids is 1. The van der Waals surface area contributed by atoms with Gasteiger partial charge in [-0.1, -0.05) is 12.1 Å². The number of carboxylic acid groups (broad SMARTS) is 1. The van der Waals surface area contributed by atoms with E-state index in [1.165, 1.54) is 0 Å². The highest BCUT2D eigenvalue weighted by Gasteiger charge is 2.27. The van der Waals surface area contributed by atoms with Crippen LogP contribution in [0.1, 0.15) is 25.7 Å². The molecule has 1 atom stereocenters. The van der Waals surface area contributed by atoms with Gasteiger partial charge in [0.25, 0.3) is 0 Å². The molecule has 1 saturated heterocycles. The SMILES string of the molecule is O=C(O)[C@H]1CCCN(C(=O)CCCOc2ccccc2Br)C1. The van der Waals surface area contributed by atoms with Crippen molar-refractivity contribution < 1.29 is 19.4 Å². The zero-order chi connectivity index (χ0) is 15.9. The van der Waals surface area contributed by atoms with Gasteiger partial charge in [-0.2, -0.15) is 0 Å². The molecule has 1 aromatic carbocycles. The second kappa shape index (κ2) is 8.17. The van der Waals surface area contributed by atoms with Gasteiger partial charge in [-0.05, 0) is 47.3 Å². The molecule has 1 aliphatic heterocycles. The van der Waals surface area contributed by atoms with Crippen LogP contribution in [0.25, 0.3) is 0 Å². The molecule has 22 heavy (non-hydrogen) atoms. The molecule has 6 heteroatoms. The molecule has 2 rings (SSSR count). The summed E-state index contributed by atoms with van der Waals surface area (Å²) in [6.45, 7) is 1.46. The highest BCUT2D eigenvalue weighted by atomic mass is 79.9. The summed E-state index contributed by atoms with van der Waals surface area (Å²) in [4.78, 5) is 24.8. The number of likely N-dealkylation sites (tertiary alicyclic amines) is 1. The van der Waals surface area contributed by atoms with Crippen molar-refractivity contribution in [3.05, 3.63) is 28.7 Å². The maximum atomic E-state index is 12.1. The van der Waals surface area contributed by atoms with E-state index in [9.17, 15) is 9.59 Å². The number of aliphatic carboxylic acids is 1. The van der Waals surface area contributed by atoms with Gasteiger partial charge < -0.3 is 14.7 Å². The quantitative estimate of drug-likeness (QED) is 0.782. The Bertz CT molecular complexity index is 535. The Hall–Kier alpha value is -1.56. The fraction of sp³-hybridized carbons (Fsp3) is 0.500. The van der Waals surface area contributed by atoms with Gasteiger partial charge in [0.1, 0.15) is 5.75 Å². The van der Waals surface area contributed by atoms with Crippen LogP contribution in [0.3, 0.4) is 0 Å². The number of carbonyl (C=O) groups is 2. The molecule has 0 spiro atoms. The minimum atomic E-state index is -0.810. The van der Waals surface area contributed by atoms with Crippen LogP contribution in [0.2, 0.25) is 0 Å². The molecule has 1 heterocycles. The lowest BCUT2D eigenvalue weighted by atomic mass is 9.98. The monoisotopic (exact) mass is 369 g/mol. The summed E-state index contributed by atoms with van der Waals surface area (Å²) in [6, 6.07) is 7.58. The number of hydrogen-bond donors (Lipinski definition) is 1. The van der Waals surface area contributed by atoms with Gasteiger partial charge in [-0.15, -0.1) is 0 Å². The number of halogens is 1. The molecule has 0 aliphatic carbocycles. The number of piperidine rings is 1. The van der Waals surface area contributed by atoms with E-state index in [1.54, 1.807) is 4.90 Å². The summed E-state index contributed by atoms with van der Waals surface area (Å²) in [5.74, 6) is -0.454. The van der Waals surface area contributed by atoms with Gasteiger partial charge in [0.15, 0.2) is 0 Å². The molecule has 0 aromatic heterocycles. The van der Waals surface area contributed by atoms with Gasteiger partial charge in [-0.25, -0.2) is 0 Å². The lowest BCUT2D eigenvalue weighted by Gasteiger charge is -2.30. The van der Waals surface area contributed by atoms with Crippen LogP contribution in [0.4, 0.5) is 0 Å². The number of ether oxygens (including phenoxy) is 1. The van der Waals surface area contributed by atoms with Crippen LogP contribution in [0, 0.1) is 5.92 Å². The number of carboxylic acids is 1. The molecular formula is C16H20BrNO4. The summed E-state index contributed by atoms with van der Waals surface area (Å²) >= 11 is 3.40. The normalized spacial score (nSPS) is 18.0. The van der Waals surface area contributed by atoms with Crippen molar-refractivity contribution in [1.82, 2.24) is 4.90 Å². The fourth-order valence-corrected chi connectivity index (χ4v) is 2.93. The van der Waals surface area contributed by atoms with Gasteiger partial charge >= 0.3 is 5.97 Å². The molecule has 0 radical (unpaired) electrons. The van der Waals surface area contributed by atoms with E-state index < -0.39 is 11.9 Å². The Balaban J connectivity index is 1.71. The topological polar surface area (TPSA) is 66.8 Å². The Kier molecular flexibility index (Phi) is 6.24. The first-order valence-corrected chi connectivity index (χ1v) is 8.25. The Morgan fingerprint density at radius 2 is 2.14 bits per heavy atom. The second-order valence-corrected chi connectivity index (χ2v) is 6.25. The van der Waals surface area contributed by atoms with E-state index in [0.29, 0.717) is 39.0 Å². The van der Waals surface area contributed by atoms with Crippen LogP contribution < -0.4 is 4.74 Å². The van der Waals surface area contributed by atoms with Crippen LogP contribution in [0.15, 0.2) is 28.7 Å². The maximum absolute atomic E-state index is 12.1. The van der Waals surface area contributed by atoms with Gasteiger partial charge in [0.2, 0.25) is 5.91 Å². The average Bonchev–Trinajstić information content (AvgIpc) is 2.53. The standard InChI is InChI=1S/C16H20BrNO4/c17-13-6-1-2-7-14(13)22-10-4-8-15(19)18-9-3-5-12(11-18)16(20)21/h1-2,6-7,12H,3-5,8-11H2,(H,20,21)/t12-/m0/s1. The fourth-order valence-electron chi connectivity index (χ4n) is 2.53. The minimum Gasteiger partial charge on any atom is -0.492 e. The van der Waals surface area contributed by atoms with Crippen LogP contribution in [-0.4, -0.2) is 41.6 Å². The van der Waals surface area contributed by atoms with Gasteiger partial charge in [-0.3, -0.25) is 9.59 Å². The van der Waals surface area contributed by atoms with Gasteiger partial charge in [0.05, 0.1) is 17.0 Å². The molecule has 1 amide bonds. The lowest BCUT2D eigenvalue weighted by Crippen LogP contribution is -2.42. The molecule has 0 unspecified atom stereocenters. The second-order valence-electron chi connectivity index (χ2n) is 5.40. The molecule has 1 N–H and O–H groups in total. The van der Waals surface area contributed by atoms with Crippen molar-refractivity contribution in [1.29, 1.82) is 0 Å². The Morgan fingerprint density at radius 1 is 1.36 bits per heavy atom. The van der Waals surface area contributed by atoms with Crippen LogP contribution in [0.5, 0.6) is 5.75 Å². The predicted octanol–water partition coefficient (Wildman–Crippen LogP) is 2.93. The predicted molar refractivity (Wildman–Crippen MR) is 85.8 cm³/mol. The number of rotatable bonds is 6. The maximum Gasteiger partial charge on any atom is 0.308 e. The summed E-state index contributed by atoms with van der Waals surface area (Å²) < 4.78 is 6.51. The van der Waals surface area contributed by atoms with E-state index in [1.807, 2.05) is 24.3 Å². The van der Waals surface area contributed by atoms with Crippen molar-refractivity contribution in [2.75, 3.05) is 19.7 Å². The molecule has 0 saturated carbocycles. The smallest absolute Gasteiger partial charge is 0.308 e. The first-order chi connectivity index (χ1) is 10.6. The van der Waals surface area contributed by atoms with Gasteiger partial charge in [0, 0.05) is 19.5 Å². The third-order valence-corrected chi connectivity index (χ3v) is 4.41. The van der Waals surface area contributed by atoms with E-state index in [0.717, 1.165) is 16.6 Å². The highest BCUT2D eigenvalue weighted by Crippen LogP contribution is 2.24. The summed E-state index contributed by atoms with van der Waals surface area (Å²) in [7, 11) is 0. The number of hydrogen-bond acceptors (Lipinski definition) is 3. The van der Waals surface area contributed by atoms with Crippen molar-refractivity contribution in [3.63, 3.8) is 0 Å². The molecule has 1 aromatic rings. The van der Waals surface area contributed by atoms with Crippen molar-refractivity contribution in [2.24, 2.45) is 5.92 Å². The number of benzene rings is 1. The number of para-hydroxylation sites is 1. The van der Waals surface area contributed by atoms with Crippen LogP contribution >= 0.6 is 15.9 Å². The number of nitrogens with zero attached hydrogens (tertiary/aromatic N) is 1. The van der Waals surface area contributed by atoms with E-state index in [2.05, 4.69) is 15.9 Å². The first-order valence-electron chi connectivity index (χ1n) is 7.46. The average molecular weight is 370 g/mol. The molecular weight excluding hydrogens is 350 g/mol.